The Morgan fingerprint density at radius 3 is 2.92 bits per heavy atom. The molecule has 0 unspecified atom stereocenters. The third-order valence-corrected chi connectivity index (χ3v) is 1.91. The number of halogens is 1. The molecule has 0 bridgehead atoms. The van der Waals surface area contributed by atoms with E-state index in [0.717, 1.165) is 24.1 Å². The summed E-state index contributed by atoms with van der Waals surface area (Å²) < 4.78 is 0. The van der Waals surface area contributed by atoms with Gasteiger partial charge in [-0.1, -0.05) is 0 Å². The van der Waals surface area contributed by atoms with Gasteiger partial charge in [0.2, 0.25) is 0 Å². The van der Waals surface area contributed by atoms with E-state index in [4.69, 9.17) is 0 Å². The monoisotopic (exact) mass is 184 g/mol. The molecule has 0 fully saturated rings. The Hall–Kier alpha value is -0.960. The summed E-state index contributed by atoms with van der Waals surface area (Å²) >= 11 is 0. The van der Waals surface area contributed by atoms with E-state index in [0.29, 0.717) is 6.42 Å². The lowest BCUT2D eigenvalue weighted by Crippen LogP contribution is -2.12. The summed E-state index contributed by atoms with van der Waals surface area (Å²) in [6, 6.07) is 0. The van der Waals surface area contributed by atoms with Crippen LogP contribution in [0.25, 0.3) is 0 Å². The standard InChI is InChI=1S/C8H8N2O.ClH/c11-8-3-1-2-7-6(8)4-9-5-10-7;/h4-5H,1-3H2;1H. The van der Waals surface area contributed by atoms with Crippen molar-refractivity contribution in [2.24, 2.45) is 0 Å². The number of carbonyl (C=O) groups excluding carboxylic acids is 1. The third-order valence-electron chi connectivity index (χ3n) is 1.91. The van der Waals surface area contributed by atoms with E-state index in [1.54, 1.807) is 6.20 Å². The van der Waals surface area contributed by atoms with Crippen LogP contribution in [0.1, 0.15) is 28.9 Å². The fourth-order valence-corrected chi connectivity index (χ4v) is 1.34. The lowest BCUT2D eigenvalue weighted by molar-refractivity contribution is 0.0971. The Morgan fingerprint density at radius 1 is 1.33 bits per heavy atom. The first-order valence-corrected chi connectivity index (χ1v) is 3.70. The summed E-state index contributed by atoms with van der Waals surface area (Å²) in [6.45, 7) is 0. The molecule has 0 aromatic carbocycles. The normalized spacial score (nSPS) is 14.8. The molecule has 12 heavy (non-hydrogen) atoms. The van der Waals surface area contributed by atoms with E-state index in [1.165, 1.54) is 6.33 Å². The van der Waals surface area contributed by atoms with Gasteiger partial charge in [-0.25, -0.2) is 9.97 Å². The van der Waals surface area contributed by atoms with Crippen LogP contribution in [0.4, 0.5) is 0 Å². The number of ketones is 1. The topological polar surface area (TPSA) is 42.9 Å². The minimum atomic E-state index is 0. The zero-order valence-corrected chi connectivity index (χ0v) is 7.30. The van der Waals surface area contributed by atoms with Crippen LogP contribution in [-0.2, 0) is 6.42 Å². The van der Waals surface area contributed by atoms with Crippen molar-refractivity contribution in [2.75, 3.05) is 0 Å². The van der Waals surface area contributed by atoms with E-state index in [1.807, 2.05) is 0 Å². The number of fused-ring (bicyclic) bond motifs is 1. The summed E-state index contributed by atoms with van der Waals surface area (Å²) in [5.41, 5.74) is 1.63. The maximum absolute atomic E-state index is 11.2. The molecular weight excluding hydrogens is 176 g/mol. The van der Waals surface area contributed by atoms with Crippen molar-refractivity contribution in [1.29, 1.82) is 0 Å². The Kier molecular flexibility index (Phi) is 2.76. The number of carbonyl (C=O) groups is 1. The predicted molar refractivity (Wildman–Crippen MR) is 46.5 cm³/mol. The van der Waals surface area contributed by atoms with E-state index in [-0.39, 0.29) is 18.2 Å². The van der Waals surface area contributed by atoms with Gasteiger partial charge in [0.05, 0.1) is 11.3 Å². The van der Waals surface area contributed by atoms with Crippen LogP contribution >= 0.6 is 12.4 Å². The molecular formula is C8H9ClN2O. The number of rotatable bonds is 0. The second kappa shape index (κ2) is 3.63. The summed E-state index contributed by atoms with van der Waals surface area (Å²) in [4.78, 5) is 19.1. The molecule has 0 atom stereocenters. The summed E-state index contributed by atoms with van der Waals surface area (Å²) in [7, 11) is 0. The highest BCUT2D eigenvalue weighted by Crippen LogP contribution is 2.16. The van der Waals surface area contributed by atoms with Crippen molar-refractivity contribution in [3.63, 3.8) is 0 Å². The highest BCUT2D eigenvalue weighted by Gasteiger charge is 2.17. The number of nitrogens with zero attached hydrogens (tertiary/aromatic N) is 2. The van der Waals surface area contributed by atoms with Gasteiger partial charge < -0.3 is 0 Å². The van der Waals surface area contributed by atoms with E-state index < -0.39 is 0 Å². The van der Waals surface area contributed by atoms with Crippen LogP contribution in [-0.4, -0.2) is 15.8 Å². The van der Waals surface area contributed by atoms with Gasteiger partial charge in [0.25, 0.3) is 0 Å². The lowest BCUT2D eigenvalue weighted by atomic mass is 9.96. The number of aromatic nitrogens is 2. The first-order valence-electron chi connectivity index (χ1n) is 3.70. The summed E-state index contributed by atoms with van der Waals surface area (Å²) in [5.74, 6) is 0.187. The maximum atomic E-state index is 11.2. The van der Waals surface area contributed by atoms with Gasteiger partial charge in [-0.3, -0.25) is 4.79 Å². The predicted octanol–water partition coefficient (Wildman–Crippen LogP) is 1.42. The fraction of sp³-hybridized carbons (Fsp3) is 0.375. The Morgan fingerprint density at radius 2 is 2.17 bits per heavy atom. The van der Waals surface area contributed by atoms with Gasteiger partial charge in [0.15, 0.2) is 5.78 Å². The van der Waals surface area contributed by atoms with Crippen molar-refractivity contribution >= 4 is 18.2 Å². The van der Waals surface area contributed by atoms with Crippen molar-refractivity contribution in [3.8, 4) is 0 Å². The number of hydrogen-bond acceptors (Lipinski definition) is 3. The quantitative estimate of drug-likeness (QED) is 0.613. The van der Waals surface area contributed by atoms with Crippen molar-refractivity contribution < 1.29 is 4.79 Å². The Bertz CT molecular complexity index is 301. The molecule has 1 aromatic heterocycles. The molecule has 0 aliphatic heterocycles. The first-order chi connectivity index (χ1) is 5.38. The molecule has 1 heterocycles. The Balaban J connectivity index is 0.000000720. The van der Waals surface area contributed by atoms with E-state index in [9.17, 15) is 4.79 Å². The van der Waals surface area contributed by atoms with Gasteiger partial charge in [-0.15, -0.1) is 12.4 Å². The van der Waals surface area contributed by atoms with Crippen LogP contribution in [0.15, 0.2) is 12.5 Å². The van der Waals surface area contributed by atoms with Gasteiger partial charge in [0, 0.05) is 12.6 Å². The van der Waals surface area contributed by atoms with Crippen LogP contribution < -0.4 is 0 Å². The molecule has 1 aliphatic rings. The number of aryl methyl sites for hydroxylation is 1. The second-order valence-electron chi connectivity index (χ2n) is 2.66. The van der Waals surface area contributed by atoms with Gasteiger partial charge in [-0.05, 0) is 12.8 Å². The van der Waals surface area contributed by atoms with Crippen LogP contribution in [0, 0.1) is 0 Å². The molecule has 0 radical (unpaired) electrons. The molecule has 0 spiro atoms. The molecule has 64 valence electrons. The largest absolute Gasteiger partial charge is 0.294 e. The van der Waals surface area contributed by atoms with Crippen molar-refractivity contribution in [3.05, 3.63) is 23.8 Å². The maximum Gasteiger partial charge on any atom is 0.166 e. The minimum absolute atomic E-state index is 0. The molecule has 0 amide bonds. The van der Waals surface area contributed by atoms with E-state index >= 15 is 0 Å². The first kappa shape index (κ1) is 9.13. The fourth-order valence-electron chi connectivity index (χ4n) is 1.34. The van der Waals surface area contributed by atoms with Crippen molar-refractivity contribution in [1.82, 2.24) is 9.97 Å². The molecule has 4 heteroatoms. The highest BCUT2D eigenvalue weighted by atomic mass is 35.5. The Labute approximate surface area is 76.6 Å². The molecule has 0 saturated carbocycles. The smallest absolute Gasteiger partial charge is 0.166 e. The molecule has 1 aliphatic carbocycles. The van der Waals surface area contributed by atoms with Gasteiger partial charge in [-0.2, -0.15) is 0 Å². The van der Waals surface area contributed by atoms with Crippen LogP contribution in [0.2, 0.25) is 0 Å². The van der Waals surface area contributed by atoms with Gasteiger partial charge >= 0.3 is 0 Å². The number of Topliss-reactive ketones (excluding diaryl/α,β-unsaturated/α-hetero) is 1. The average Bonchev–Trinajstić information content (AvgIpc) is 2.06. The molecule has 1 aromatic rings. The average molecular weight is 185 g/mol. The van der Waals surface area contributed by atoms with Crippen molar-refractivity contribution in [2.45, 2.75) is 19.3 Å². The second-order valence-corrected chi connectivity index (χ2v) is 2.66. The molecule has 2 rings (SSSR count). The minimum Gasteiger partial charge on any atom is -0.294 e. The van der Waals surface area contributed by atoms with Crippen LogP contribution in [0.3, 0.4) is 0 Å². The lowest BCUT2D eigenvalue weighted by Gasteiger charge is -2.10. The SMILES string of the molecule is Cl.O=C1CCCc2ncncc21. The highest BCUT2D eigenvalue weighted by molar-refractivity contribution is 5.97. The molecule has 3 nitrogen and oxygen atoms in total. The zero-order valence-electron chi connectivity index (χ0n) is 6.49. The molecule has 0 saturated heterocycles. The number of hydrogen-bond donors (Lipinski definition) is 0. The summed E-state index contributed by atoms with van der Waals surface area (Å²) in [6.07, 6.45) is 5.62. The third kappa shape index (κ3) is 1.46. The van der Waals surface area contributed by atoms with Gasteiger partial charge in [0.1, 0.15) is 6.33 Å². The molecule has 0 N–H and O–H groups in total. The van der Waals surface area contributed by atoms with Crippen LogP contribution in [0.5, 0.6) is 0 Å². The summed E-state index contributed by atoms with van der Waals surface area (Å²) in [5, 5.41) is 0. The van der Waals surface area contributed by atoms with E-state index in [2.05, 4.69) is 9.97 Å². The zero-order chi connectivity index (χ0) is 7.68.